The smallest absolute Gasteiger partial charge is 0.299 e. The van der Waals surface area contributed by atoms with Gasteiger partial charge in [-0.3, -0.25) is 0 Å². The number of nitrogens with two attached hydrogens (primary N) is 1. The molecule has 0 aliphatic heterocycles. The molecule has 0 aliphatic carbocycles. The van der Waals surface area contributed by atoms with Gasteiger partial charge in [0.05, 0.1) is 11.9 Å². The van der Waals surface area contributed by atoms with Crippen LogP contribution in [0.2, 0.25) is 0 Å². The van der Waals surface area contributed by atoms with Crippen LogP contribution in [0, 0.1) is 0 Å². The molecule has 0 bridgehead atoms. The number of aromatic amines is 1. The van der Waals surface area contributed by atoms with Gasteiger partial charge in [-0.15, -0.1) is 0 Å². The topological polar surface area (TPSA) is 114 Å². The van der Waals surface area contributed by atoms with E-state index < -0.39 is 15.3 Å². The summed E-state index contributed by atoms with van der Waals surface area (Å²) < 4.78 is 30.6. The number of anilines is 2. The van der Waals surface area contributed by atoms with E-state index in [1.807, 2.05) is 42.5 Å². The molecule has 0 saturated carbocycles. The Morgan fingerprint density at radius 1 is 0.906 bits per heavy atom. The van der Waals surface area contributed by atoms with Crippen LogP contribution >= 0.6 is 0 Å². The summed E-state index contributed by atoms with van der Waals surface area (Å²) in [7, 11) is -3.88. The maximum absolute atomic E-state index is 12.4. The molecule has 3 aromatic carbocycles. The zero-order valence-corrected chi connectivity index (χ0v) is 17.7. The SMILES string of the molecule is NS(=O)(=O)C(c1ccccc1)c1cccc(Nc2ncc(-c3cc4ccccc4[nH]3)o2)c1. The summed E-state index contributed by atoms with van der Waals surface area (Å²) >= 11 is 0. The summed E-state index contributed by atoms with van der Waals surface area (Å²) in [6.45, 7) is 0. The summed E-state index contributed by atoms with van der Waals surface area (Å²) in [5, 5.41) is 8.77. The first kappa shape index (κ1) is 20.0. The summed E-state index contributed by atoms with van der Waals surface area (Å²) in [6.07, 6.45) is 1.63. The second-order valence-electron chi connectivity index (χ2n) is 7.43. The second-order valence-corrected chi connectivity index (χ2v) is 9.08. The fraction of sp³-hybridized carbons (Fsp3) is 0.0417. The highest BCUT2D eigenvalue weighted by atomic mass is 32.2. The standard InChI is InChI=1S/C24H20N4O3S/c25-32(29,30)23(16-7-2-1-3-8-16)18-10-6-11-19(13-18)27-24-26-15-22(31-24)21-14-17-9-4-5-12-20(17)28-21/h1-15,23,28H,(H,26,27)(H2,25,29,30). The molecule has 4 N–H and O–H groups in total. The fourth-order valence-corrected chi connectivity index (χ4v) is 4.83. The van der Waals surface area contributed by atoms with Gasteiger partial charge < -0.3 is 14.7 Å². The van der Waals surface area contributed by atoms with Gasteiger partial charge in [0.15, 0.2) is 5.76 Å². The second kappa shape index (κ2) is 7.99. The molecule has 0 amide bonds. The number of aromatic nitrogens is 2. The molecule has 8 heteroatoms. The highest BCUT2D eigenvalue weighted by Crippen LogP contribution is 2.31. The van der Waals surface area contributed by atoms with Gasteiger partial charge in [0.25, 0.3) is 6.01 Å². The van der Waals surface area contributed by atoms with Crippen molar-refractivity contribution in [2.45, 2.75) is 5.25 Å². The van der Waals surface area contributed by atoms with Gasteiger partial charge in [-0.2, -0.15) is 0 Å². The third kappa shape index (κ3) is 4.01. The number of oxazole rings is 1. The molecule has 0 spiro atoms. The average molecular weight is 445 g/mol. The first-order valence-electron chi connectivity index (χ1n) is 9.95. The van der Waals surface area contributed by atoms with E-state index in [4.69, 9.17) is 9.56 Å². The van der Waals surface area contributed by atoms with Crippen LogP contribution in [0.3, 0.4) is 0 Å². The summed E-state index contributed by atoms with van der Waals surface area (Å²) in [6, 6.07) is 26.2. The number of rotatable bonds is 6. The maximum atomic E-state index is 12.4. The minimum Gasteiger partial charge on any atom is -0.422 e. The average Bonchev–Trinajstić information content (AvgIpc) is 3.41. The van der Waals surface area contributed by atoms with Gasteiger partial charge in [-0.1, -0.05) is 60.7 Å². The van der Waals surface area contributed by atoms with Crippen molar-refractivity contribution >= 4 is 32.6 Å². The molecule has 0 radical (unpaired) electrons. The Morgan fingerprint density at radius 3 is 2.44 bits per heavy atom. The largest absolute Gasteiger partial charge is 0.422 e. The number of nitrogens with one attached hydrogen (secondary N) is 2. The Bertz CT molecular complexity index is 1460. The molecule has 0 fully saturated rings. The lowest BCUT2D eigenvalue weighted by Crippen LogP contribution is -2.22. The van der Waals surface area contributed by atoms with Crippen LogP contribution in [0.15, 0.2) is 95.5 Å². The lowest BCUT2D eigenvalue weighted by molar-refractivity contribution is 0.590. The van der Waals surface area contributed by atoms with Crippen molar-refractivity contribution in [1.29, 1.82) is 0 Å². The number of primary sulfonamides is 1. The van der Waals surface area contributed by atoms with Crippen molar-refractivity contribution in [2.75, 3.05) is 5.32 Å². The molecule has 7 nitrogen and oxygen atoms in total. The van der Waals surface area contributed by atoms with Crippen molar-refractivity contribution in [3.8, 4) is 11.5 Å². The molecule has 160 valence electrons. The molecule has 1 unspecified atom stereocenters. The van der Waals surface area contributed by atoms with Gasteiger partial charge in [-0.25, -0.2) is 18.5 Å². The Morgan fingerprint density at radius 2 is 1.66 bits per heavy atom. The number of fused-ring (bicyclic) bond motifs is 1. The number of sulfonamides is 1. The highest BCUT2D eigenvalue weighted by molar-refractivity contribution is 7.89. The van der Waals surface area contributed by atoms with Crippen LogP contribution in [0.25, 0.3) is 22.4 Å². The minimum atomic E-state index is -3.88. The molecule has 0 aliphatic rings. The number of hydrogen-bond donors (Lipinski definition) is 3. The van der Waals surface area contributed by atoms with E-state index in [2.05, 4.69) is 15.3 Å². The molecule has 0 saturated heterocycles. The van der Waals surface area contributed by atoms with Crippen LogP contribution in [0.1, 0.15) is 16.4 Å². The van der Waals surface area contributed by atoms with Gasteiger partial charge in [0, 0.05) is 16.6 Å². The minimum absolute atomic E-state index is 0.294. The lowest BCUT2D eigenvalue weighted by Gasteiger charge is -2.16. The first-order valence-corrected chi connectivity index (χ1v) is 11.6. The van der Waals surface area contributed by atoms with Crippen molar-refractivity contribution in [3.05, 3.63) is 102 Å². The molecule has 32 heavy (non-hydrogen) atoms. The Labute approximate surface area is 185 Å². The van der Waals surface area contributed by atoms with Crippen LogP contribution < -0.4 is 10.5 Å². The zero-order chi connectivity index (χ0) is 22.1. The van der Waals surface area contributed by atoms with Gasteiger partial charge in [0.1, 0.15) is 5.25 Å². The number of nitrogens with zero attached hydrogens (tertiary/aromatic N) is 1. The van der Waals surface area contributed by atoms with Gasteiger partial charge in [0.2, 0.25) is 10.0 Å². The molecule has 2 heterocycles. The molecule has 1 atom stereocenters. The van der Waals surface area contributed by atoms with E-state index in [0.29, 0.717) is 28.6 Å². The maximum Gasteiger partial charge on any atom is 0.299 e. The molecule has 2 aromatic heterocycles. The summed E-state index contributed by atoms with van der Waals surface area (Å²) in [5.41, 5.74) is 3.61. The van der Waals surface area contributed by atoms with E-state index in [-0.39, 0.29) is 0 Å². The number of hydrogen-bond acceptors (Lipinski definition) is 5. The third-order valence-electron chi connectivity index (χ3n) is 5.17. The Kier molecular flexibility index (Phi) is 5.01. The Hall–Kier alpha value is -3.88. The molecule has 5 aromatic rings. The third-order valence-corrected chi connectivity index (χ3v) is 6.37. The zero-order valence-electron chi connectivity index (χ0n) is 16.9. The van der Waals surface area contributed by atoms with Gasteiger partial charge in [-0.05, 0) is 35.4 Å². The van der Waals surface area contributed by atoms with Crippen LogP contribution in [0.5, 0.6) is 0 Å². The number of H-pyrrole nitrogens is 1. The van der Waals surface area contributed by atoms with E-state index in [1.54, 1.807) is 48.7 Å². The quantitative estimate of drug-likeness (QED) is 0.343. The molecular formula is C24H20N4O3S. The monoisotopic (exact) mass is 444 g/mol. The van der Waals surface area contributed by atoms with E-state index in [0.717, 1.165) is 16.6 Å². The van der Waals surface area contributed by atoms with Crippen molar-refractivity contribution in [2.24, 2.45) is 5.14 Å². The number of benzene rings is 3. The molecule has 5 rings (SSSR count). The van der Waals surface area contributed by atoms with Gasteiger partial charge >= 0.3 is 0 Å². The predicted molar refractivity (Wildman–Crippen MR) is 125 cm³/mol. The number of para-hydroxylation sites is 1. The summed E-state index contributed by atoms with van der Waals surface area (Å²) in [4.78, 5) is 7.60. The lowest BCUT2D eigenvalue weighted by atomic mass is 10.0. The first-order chi connectivity index (χ1) is 15.5. The van der Waals surface area contributed by atoms with E-state index >= 15 is 0 Å². The molecular weight excluding hydrogens is 424 g/mol. The van der Waals surface area contributed by atoms with E-state index in [1.165, 1.54) is 0 Å². The van der Waals surface area contributed by atoms with Crippen molar-refractivity contribution in [3.63, 3.8) is 0 Å². The van der Waals surface area contributed by atoms with Crippen LogP contribution in [-0.4, -0.2) is 18.4 Å². The highest BCUT2D eigenvalue weighted by Gasteiger charge is 2.25. The van der Waals surface area contributed by atoms with Crippen molar-refractivity contribution < 1.29 is 12.8 Å². The van der Waals surface area contributed by atoms with E-state index in [9.17, 15) is 8.42 Å². The predicted octanol–water partition coefficient (Wildman–Crippen LogP) is 4.94. The van der Waals surface area contributed by atoms with Crippen molar-refractivity contribution in [1.82, 2.24) is 9.97 Å². The van der Waals surface area contributed by atoms with Crippen LogP contribution in [0.4, 0.5) is 11.7 Å². The summed E-state index contributed by atoms with van der Waals surface area (Å²) in [5.74, 6) is 0.589. The Balaban J connectivity index is 1.43. The van der Waals surface area contributed by atoms with Crippen LogP contribution in [-0.2, 0) is 10.0 Å². The fourth-order valence-electron chi connectivity index (χ4n) is 3.77. The normalized spacial score (nSPS) is 12.7.